The van der Waals surface area contributed by atoms with Gasteiger partial charge in [-0.3, -0.25) is 4.79 Å². The number of unbranched alkanes of at least 4 members (excludes halogenated alkanes) is 1. The van der Waals surface area contributed by atoms with Crippen molar-refractivity contribution >= 4 is 27.5 Å². The van der Waals surface area contributed by atoms with E-state index in [4.69, 9.17) is 9.47 Å². The molecule has 0 saturated heterocycles. The minimum atomic E-state index is -4.48. The summed E-state index contributed by atoms with van der Waals surface area (Å²) >= 11 is 3.42. The number of carbonyl (C=O) groups is 1. The summed E-state index contributed by atoms with van der Waals surface area (Å²) in [5, 5.41) is 5.73. The van der Waals surface area contributed by atoms with Crippen molar-refractivity contribution in [2.75, 3.05) is 25.6 Å². The summed E-state index contributed by atoms with van der Waals surface area (Å²) in [5.74, 6) is 0.200. The summed E-state index contributed by atoms with van der Waals surface area (Å²) in [6.45, 7) is 3.30. The highest BCUT2D eigenvalue weighted by atomic mass is 79.9. The fourth-order valence-electron chi connectivity index (χ4n) is 2.66. The van der Waals surface area contributed by atoms with E-state index in [0.29, 0.717) is 22.5 Å². The number of halogens is 4. The number of anilines is 1. The lowest BCUT2D eigenvalue weighted by Gasteiger charge is -2.15. The molecule has 0 heterocycles. The van der Waals surface area contributed by atoms with Gasteiger partial charge in [0.2, 0.25) is 0 Å². The highest BCUT2D eigenvalue weighted by Crippen LogP contribution is 2.37. The van der Waals surface area contributed by atoms with Gasteiger partial charge in [-0.1, -0.05) is 19.4 Å². The Morgan fingerprint density at radius 1 is 1.20 bits per heavy atom. The molecule has 2 N–H and O–H groups in total. The Balaban J connectivity index is 2.00. The molecule has 30 heavy (non-hydrogen) atoms. The van der Waals surface area contributed by atoms with Gasteiger partial charge in [0.25, 0.3) is 5.91 Å². The zero-order chi connectivity index (χ0) is 22.1. The maximum absolute atomic E-state index is 12.8. The average Bonchev–Trinajstić information content (AvgIpc) is 2.69. The molecule has 0 atom stereocenters. The quantitative estimate of drug-likeness (QED) is 0.440. The maximum Gasteiger partial charge on any atom is 0.416 e. The van der Waals surface area contributed by atoms with Crippen LogP contribution in [0.2, 0.25) is 0 Å². The third kappa shape index (κ3) is 7.21. The van der Waals surface area contributed by atoms with Crippen molar-refractivity contribution in [1.29, 1.82) is 0 Å². The molecule has 9 heteroatoms. The number of alkyl halides is 3. The summed E-state index contributed by atoms with van der Waals surface area (Å²) in [6, 6.07) is 8.09. The van der Waals surface area contributed by atoms with Crippen LogP contribution in [0.15, 0.2) is 40.9 Å². The van der Waals surface area contributed by atoms with Gasteiger partial charge in [0.15, 0.2) is 18.1 Å². The van der Waals surface area contributed by atoms with Crippen LogP contribution in [0.4, 0.5) is 18.9 Å². The van der Waals surface area contributed by atoms with Crippen LogP contribution in [-0.2, 0) is 17.5 Å². The molecule has 1 amide bonds. The number of hydrogen-bond acceptors (Lipinski definition) is 4. The largest absolute Gasteiger partial charge is 0.493 e. The van der Waals surface area contributed by atoms with Gasteiger partial charge in [-0.2, -0.15) is 13.2 Å². The van der Waals surface area contributed by atoms with Gasteiger partial charge >= 0.3 is 6.18 Å². The summed E-state index contributed by atoms with van der Waals surface area (Å²) < 4.78 is 49.9. The number of ether oxygens (including phenoxy) is 2. The highest BCUT2D eigenvalue weighted by molar-refractivity contribution is 9.10. The summed E-state index contributed by atoms with van der Waals surface area (Å²) in [6.07, 6.45) is -2.29. The molecule has 0 radical (unpaired) electrons. The predicted octanol–water partition coefficient (Wildman–Crippen LogP) is 5.38. The first-order valence-electron chi connectivity index (χ1n) is 9.41. The Hall–Kier alpha value is -2.26. The topological polar surface area (TPSA) is 59.6 Å². The Morgan fingerprint density at radius 2 is 1.97 bits per heavy atom. The lowest BCUT2D eigenvalue weighted by atomic mass is 10.2. The van der Waals surface area contributed by atoms with Crippen molar-refractivity contribution in [1.82, 2.24) is 5.32 Å². The summed E-state index contributed by atoms with van der Waals surface area (Å²) in [7, 11) is 1.49. The van der Waals surface area contributed by atoms with Gasteiger partial charge in [0, 0.05) is 12.2 Å². The van der Waals surface area contributed by atoms with Crippen LogP contribution in [0.1, 0.15) is 30.9 Å². The highest BCUT2D eigenvalue weighted by Gasteiger charge is 2.30. The molecule has 164 valence electrons. The van der Waals surface area contributed by atoms with Crippen LogP contribution in [-0.4, -0.2) is 26.2 Å². The third-order valence-electron chi connectivity index (χ3n) is 4.15. The number of carbonyl (C=O) groups excluding carboxylic acids is 1. The van der Waals surface area contributed by atoms with Crippen LogP contribution in [0.5, 0.6) is 11.5 Å². The van der Waals surface area contributed by atoms with Crippen LogP contribution in [0, 0.1) is 0 Å². The molecule has 2 aromatic carbocycles. The smallest absolute Gasteiger partial charge is 0.416 e. The molecule has 0 aromatic heterocycles. The number of amides is 1. The fraction of sp³-hybridized carbons (Fsp3) is 0.381. The van der Waals surface area contributed by atoms with Crippen molar-refractivity contribution < 1.29 is 27.4 Å². The van der Waals surface area contributed by atoms with Crippen LogP contribution in [0.3, 0.4) is 0 Å². The van der Waals surface area contributed by atoms with Crippen molar-refractivity contribution in [2.24, 2.45) is 0 Å². The standard InChI is InChI=1S/C21H24BrF3N2O3/c1-3-4-8-26-12-14-9-17(22)20(18(10-14)29-2)30-13-19(28)27-16-7-5-6-15(11-16)21(23,24)25/h5-7,9-11,26H,3-4,8,12-13H2,1-2H3,(H,27,28). The van der Waals surface area contributed by atoms with E-state index in [0.717, 1.165) is 37.1 Å². The minimum absolute atomic E-state index is 0.0398. The summed E-state index contributed by atoms with van der Waals surface area (Å²) in [5.41, 5.74) is 0.183. The normalized spacial score (nSPS) is 11.3. The first-order chi connectivity index (χ1) is 14.2. The van der Waals surface area contributed by atoms with Gasteiger partial charge < -0.3 is 20.1 Å². The van der Waals surface area contributed by atoms with Crippen molar-refractivity contribution in [2.45, 2.75) is 32.5 Å². The predicted molar refractivity (Wildman–Crippen MR) is 113 cm³/mol. The Morgan fingerprint density at radius 3 is 2.63 bits per heavy atom. The fourth-order valence-corrected chi connectivity index (χ4v) is 3.26. The van der Waals surface area contributed by atoms with Gasteiger partial charge in [-0.15, -0.1) is 0 Å². The lowest BCUT2D eigenvalue weighted by Crippen LogP contribution is -2.21. The van der Waals surface area contributed by atoms with E-state index < -0.39 is 17.6 Å². The first kappa shape index (κ1) is 24.0. The van der Waals surface area contributed by atoms with E-state index in [9.17, 15) is 18.0 Å². The van der Waals surface area contributed by atoms with Crippen molar-refractivity contribution in [3.05, 3.63) is 52.0 Å². The molecule has 0 spiro atoms. The molecular weight excluding hydrogens is 465 g/mol. The first-order valence-corrected chi connectivity index (χ1v) is 10.2. The van der Waals surface area contributed by atoms with E-state index in [1.165, 1.54) is 19.2 Å². The molecule has 0 fully saturated rings. The maximum atomic E-state index is 12.8. The monoisotopic (exact) mass is 488 g/mol. The van der Waals surface area contributed by atoms with Crippen LogP contribution >= 0.6 is 15.9 Å². The number of rotatable bonds is 10. The van der Waals surface area contributed by atoms with E-state index in [2.05, 4.69) is 33.5 Å². The Bertz CT molecular complexity index is 860. The SMILES string of the molecule is CCCCNCc1cc(Br)c(OCC(=O)Nc2cccc(C(F)(F)F)c2)c(OC)c1. The van der Waals surface area contributed by atoms with E-state index in [-0.39, 0.29) is 12.3 Å². The Labute approximate surface area is 182 Å². The molecule has 0 aliphatic heterocycles. The lowest BCUT2D eigenvalue weighted by molar-refractivity contribution is -0.137. The molecule has 0 saturated carbocycles. The van der Waals surface area contributed by atoms with Crippen molar-refractivity contribution in [3.8, 4) is 11.5 Å². The zero-order valence-electron chi connectivity index (χ0n) is 16.7. The second-order valence-corrected chi connectivity index (χ2v) is 7.41. The average molecular weight is 489 g/mol. The van der Waals surface area contributed by atoms with Crippen molar-refractivity contribution in [3.63, 3.8) is 0 Å². The van der Waals surface area contributed by atoms with E-state index >= 15 is 0 Å². The molecule has 0 aliphatic carbocycles. The van der Waals surface area contributed by atoms with Gasteiger partial charge in [-0.05, 0) is 64.8 Å². The van der Waals surface area contributed by atoms with Crippen LogP contribution < -0.4 is 20.1 Å². The van der Waals surface area contributed by atoms with Gasteiger partial charge in [0.05, 0.1) is 17.1 Å². The number of nitrogens with one attached hydrogen (secondary N) is 2. The molecule has 2 rings (SSSR count). The minimum Gasteiger partial charge on any atom is -0.493 e. The Kier molecular flexibility index (Phi) is 8.98. The molecular formula is C21H24BrF3N2O3. The molecule has 0 unspecified atom stereocenters. The molecule has 2 aromatic rings. The second-order valence-electron chi connectivity index (χ2n) is 6.55. The second kappa shape index (κ2) is 11.2. The summed E-state index contributed by atoms with van der Waals surface area (Å²) in [4.78, 5) is 12.1. The molecule has 5 nitrogen and oxygen atoms in total. The number of benzene rings is 2. The number of methoxy groups -OCH3 is 1. The zero-order valence-corrected chi connectivity index (χ0v) is 18.3. The van der Waals surface area contributed by atoms with Gasteiger partial charge in [0.1, 0.15) is 0 Å². The molecule has 0 aliphatic rings. The van der Waals surface area contributed by atoms with Gasteiger partial charge in [-0.25, -0.2) is 0 Å². The van der Waals surface area contributed by atoms with E-state index in [1.807, 2.05) is 12.1 Å². The van der Waals surface area contributed by atoms with Crippen LogP contribution in [0.25, 0.3) is 0 Å². The number of hydrogen-bond donors (Lipinski definition) is 2. The molecule has 0 bridgehead atoms. The third-order valence-corrected chi connectivity index (χ3v) is 4.74. The van der Waals surface area contributed by atoms with E-state index in [1.54, 1.807) is 0 Å².